The zero-order valence-electron chi connectivity index (χ0n) is 40.1. The van der Waals surface area contributed by atoms with E-state index in [9.17, 15) is 0 Å². The number of benzene rings is 6. The summed E-state index contributed by atoms with van der Waals surface area (Å²) in [6.45, 7) is 35.3. The van der Waals surface area contributed by atoms with Crippen molar-refractivity contribution >= 4 is 56.3 Å². The van der Waals surface area contributed by atoms with Gasteiger partial charge in [0, 0.05) is 35.7 Å². The number of pyridine rings is 1. The van der Waals surface area contributed by atoms with Crippen LogP contribution in [0.1, 0.15) is 105 Å². The third-order valence-electron chi connectivity index (χ3n) is 12.5. The van der Waals surface area contributed by atoms with E-state index in [-0.39, 0.29) is 42.7 Å². The van der Waals surface area contributed by atoms with Gasteiger partial charge in [0.2, 0.25) is 11.4 Å². The Bertz CT molecular complexity index is 3300. The van der Waals surface area contributed by atoms with Crippen molar-refractivity contribution in [2.24, 2.45) is 0 Å². The van der Waals surface area contributed by atoms with Crippen LogP contribution < -0.4 is 13.9 Å². The van der Waals surface area contributed by atoms with Gasteiger partial charge >= 0.3 is 32.8 Å². The Labute approximate surface area is 405 Å². The van der Waals surface area contributed by atoms with Crippen LogP contribution in [0.2, 0.25) is 0 Å². The van der Waals surface area contributed by atoms with Crippen LogP contribution in [0.15, 0.2) is 128 Å². The van der Waals surface area contributed by atoms with Gasteiger partial charge in [0.15, 0.2) is 0 Å². The smallest absolute Gasteiger partial charge is 0.501 e. The molecule has 0 saturated heterocycles. The molecule has 0 unspecified atom stereocenters. The van der Waals surface area contributed by atoms with Crippen LogP contribution in [-0.4, -0.2) is 15.6 Å². The first kappa shape index (κ1) is 46.2. The van der Waals surface area contributed by atoms with E-state index in [0.717, 1.165) is 61.5 Å². The van der Waals surface area contributed by atoms with Gasteiger partial charge in [-0.05, 0) is 83.7 Å². The van der Waals surface area contributed by atoms with Gasteiger partial charge in [-0.3, -0.25) is 0 Å². The van der Waals surface area contributed by atoms with Crippen LogP contribution in [0.3, 0.4) is 0 Å². The molecule has 6 aromatic carbocycles. The van der Waals surface area contributed by atoms with Gasteiger partial charge in [0.25, 0.3) is 5.69 Å². The summed E-state index contributed by atoms with van der Waals surface area (Å²) in [5, 5.41) is 1.92. The number of hydrogen-bond acceptors (Lipinski definition) is 2. The number of aromatic nitrogens is 2. The van der Waals surface area contributed by atoms with Crippen LogP contribution in [-0.2, 0) is 42.7 Å². The van der Waals surface area contributed by atoms with Crippen molar-refractivity contribution in [3.05, 3.63) is 173 Å². The molecule has 0 atom stereocenters. The zero-order valence-corrected chi connectivity index (χ0v) is 42.4. The summed E-state index contributed by atoms with van der Waals surface area (Å²) in [5.74, 6) is 1.56. The first-order valence-corrected chi connectivity index (χ1v) is 22.5. The van der Waals surface area contributed by atoms with E-state index >= 15 is 0 Å². The predicted octanol–water partition coefficient (Wildman–Crippen LogP) is 15.8. The largest absolute Gasteiger partial charge is 2.00 e. The first-order valence-electron chi connectivity index (χ1n) is 22.5. The van der Waals surface area contributed by atoms with Gasteiger partial charge < -0.3 is 9.30 Å². The normalized spacial score (nSPS) is 13.0. The molecule has 0 saturated carbocycles. The van der Waals surface area contributed by atoms with E-state index < -0.39 is 0 Å². The minimum absolute atomic E-state index is 0. The van der Waals surface area contributed by atoms with Crippen LogP contribution in [0.5, 0.6) is 11.5 Å². The molecule has 7 heteroatoms. The van der Waals surface area contributed by atoms with E-state index in [1.807, 2.05) is 42.6 Å². The molecule has 0 bridgehead atoms. The van der Waals surface area contributed by atoms with E-state index in [1.165, 1.54) is 22.3 Å². The molecule has 66 heavy (non-hydrogen) atoms. The van der Waals surface area contributed by atoms with Gasteiger partial charge in [-0.25, -0.2) is 9.83 Å². The maximum atomic E-state index is 8.28. The third kappa shape index (κ3) is 8.60. The number of para-hydroxylation sites is 2. The van der Waals surface area contributed by atoms with Crippen LogP contribution in [0.25, 0.3) is 43.6 Å². The average Bonchev–Trinajstić information content (AvgIpc) is 3.81. The third-order valence-corrected chi connectivity index (χ3v) is 12.5. The molecule has 0 radical (unpaired) electrons. The molecule has 9 rings (SSSR count). The second-order valence-electron chi connectivity index (χ2n) is 21.4. The van der Waals surface area contributed by atoms with Crippen LogP contribution in [0.4, 0.5) is 28.4 Å². The molecule has 3 heterocycles. The van der Waals surface area contributed by atoms with Gasteiger partial charge in [-0.1, -0.05) is 171 Å². The Morgan fingerprint density at radius 3 is 1.95 bits per heavy atom. The molecule has 0 amide bonds. The summed E-state index contributed by atoms with van der Waals surface area (Å²) >= 11 is 0. The fourth-order valence-corrected chi connectivity index (χ4v) is 8.56. The molecule has 0 spiro atoms. The zero-order chi connectivity index (χ0) is 46.2. The fourth-order valence-electron chi connectivity index (χ4n) is 8.56. The Hall–Kier alpha value is -6.37. The van der Waals surface area contributed by atoms with Crippen molar-refractivity contribution in [2.75, 3.05) is 0 Å². The predicted molar refractivity (Wildman–Crippen MR) is 270 cm³/mol. The Balaban J connectivity index is 0.00000592. The van der Waals surface area contributed by atoms with E-state index in [0.29, 0.717) is 17.2 Å². The Morgan fingerprint density at radius 2 is 1.27 bits per heavy atom. The van der Waals surface area contributed by atoms with E-state index in [4.69, 9.17) is 16.3 Å². The summed E-state index contributed by atoms with van der Waals surface area (Å²) in [7, 11) is 0. The standard InChI is InChI=1S/C59H57N5O.Pt/c1-56(2,3)39-20-16-19-38(29-39)46-24-18-26-51-55(46)63(44-31-41(58(7,8)9)30-42(32-44)59(10,11)12)37-62(51)43-21-17-22-45(34-43)65-53-36-52-48(35-49(53)60-13)47-23-14-15-25-50(47)64(52)54-33-40(27-28-61-54)57(4,5)6;/h14-33,35H,1-12H3;/q;+2. The second-order valence-corrected chi connectivity index (χ2v) is 21.4. The molecule has 332 valence electrons. The minimum atomic E-state index is -0.0795. The van der Waals surface area contributed by atoms with E-state index in [1.54, 1.807) is 0 Å². The number of hydrogen-bond donors (Lipinski definition) is 0. The van der Waals surface area contributed by atoms with Crippen molar-refractivity contribution in [1.29, 1.82) is 0 Å². The summed E-state index contributed by atoms with van der Waals surface area (Å²) in [6, 6.07) is 53.5. The van der Waals surface area contributed by atoms with Gasteiger partial charge in [0.1, 0.15) is 23.8 Å². The van der Waals surface area contributed by atoms with Crippen molar-refractivity contribution < 1.29 is 25.8 Å². The Morgan fingerprint density at radius 1 is 0.621 bits per heavy atom. The van der Waals surface area contributed by atoms with Gasteiger partial charge in [0.05, 0.1) is 5.56 Å². The topological polar surface area (TPSA) is 37.4 Å². The monoisotopic (exact) mass is 1050 g/mol. The summed E-state index contributed by atoms with van der Waals surface area (Å²) in [6.07, 6.45) is 1.87. The number of fused-ring (bicyclic) bond motifs is 4. The molecule has 6 nitrogen and oxygen atoms in total. The van der Waals surface area contributed by atoms with E-state index in [2.05, 4.69) is 205 Å². The summed E-state index contributed by atoms with van der Waals surface area (Å²) < 4.78 is 13.1. The molecule has 0 aliphatic carbocycles. The minimum Gasteiger partial charge on any atom is -0.501 e. The number of rotatable bonds is 6. The molecule has 2 aromatic heterocycles. The second kappa shape index (κ2) is 16.8. The van der Waals surface area contributed by atoms with Crippen LogP contribution >= 0.6 is 0 Å². The maximum absolute atomic E-state index is 8.28. The quantitative estimate of drug-likeness (QED) is 0.123. The fraction of sp³-hybridized carbons (Fsp3) is 0.271. The van der Waals surface area contributed by atoms with Crippen molar-refractivity contribution in [3.8, 4) is 28.4 Å². The first-order chi connectivity index (χ1) is 30.7. The SMILES string of the molecule is [C-]#[N+]c1cc2c3ccccc3n(-c3cc(C(C)(C)C)ccn3)c2[c-]c1Oc1[c-]c([N+]2=C=[N+](c3cc(C(C)(C)C)cc(C(C)(C)C)c3)c3c(-c4cccc(C(C)(C)C)c4)cccc32)ccc1.[Pt+2]. The molecular formula is C59H57N5OPt+2. The van der Waals surface area contributed by atoms with Crippen LogP contribution in [0, 0.1) is 18.7 Å². The molecule has 0 N–H and O–H groups in total. The number of nitrogens with zero attached hydrogens (tertiary/aromatic N) is 5. The van der Waals surface area contributed by atoms with Crippen molar-refractivity contribution in [3.63, 3.8) is 0 Å². The Kier molecular flexibility index (Phi) is 11.8. The van der Waals surface area contributed by atoms with Crippen molar-refractivity contribution in [2.45, 2.75) is 105 Å². The molecular weight excluding hydrogens is 990 g/mol. The number of ether oxygens (including phenoxy) is 1. The molecule has 8 aromatic rings. The molecule has 1 aliphatic rings. The average molecular weight is 1050 g/mol. The molecule has 1 aliphatic heterocycles. The maximum Gasteiger partial charge on any atom is 2.00 e. The van der Waals surface area contributed by atoms with Crippen molar-refractivity contribution in [1.82, 2.24) is 18.7 Å². The summed E-state index contributed by atoms with van der Waals surface area (Å²) in [5.41, 5.74) is 12.9. The molecule has 0 fully saturated rings. The summed E-state index contributed by atoms with van der Waals surface area (Å²) in [4.78, 5) is 8.81. The van der Waals surface area contributed by atoms with Gasteiger partial charge in [-0.15, -0.1) is 12.1 Å². The van der Waals surface area contributed by atoms with Gasteiger partial charge in [-0.2, -0.15) is 6.07 Å².